The van der Waals surface area contributed by atoms with Crippen molar-refractivity contribution in [2.75, 3.05) is 11.4 Å². The van der Waals surface area contributed by atoms with E-state index >= 15 is 0 Å². The number of rotatable bonds is 2. The van der Waals surface area contributed by atoms with Crippen molar-refractivity contribution in [3.63, 3.8) is 0 Å². The van der Waals surface area contributed by atoms with Gasteiger partial charge in [0.15, 0.2) is 0 Å². The first-order chi connectivity index (χ1) is 11.9. The molecule has 5 rings (SSSR count). The third-order valence-corrected chi connectivity index (χ3v) is 5.47. The molecule has 0 saturated carbocycles. The Kier molecular flexibility index (Phi) is 3.02. The molecule has 0 atom stereocenters. The first kappa shape index (κ1) is 13.9. The summed E-state index contributed by atoms with van der Waals surface area (Å²) >= 11 is 0. The van der Waals surface area contributed by atoms with Crippen LogP contribution >= 0.6 is 0 Å². The zero-order valence-electron chi connectivity index (χ0n) is 14.0. The van der Waals surface area contributed by atoms with E-state index in [1.165, 1.54) is 39.2 Å². The van der Waals surface area contributed by atoms with Crippen LogP contribution in [0.2, 0.25) is 0 Å². The molecule has 0 spiro atoms. The van der Waals surface area contributed by atoms with Gasteiger partial charge in [0.1, 0.15) is 0 Å². The highest BCUT2D eigenvalue weighted by Gasteiger charge is 2.28. The third-order valence-electron chi connectivity index (χ3n) is 5.47. The van der Waals surface area contributed by atoms with E-state index in [9.17, 15) is 0 Å². The largest absolute Gasteiger partial charge is 0.341 e. The van der Waals surface area contributed by atoms with E-state index in [1.807, 2.05) is 0 Å². The Labute approximate surface area is 143 Å². The standard InChI is InChI=1S/C23H21N/c1-2-13-24-22-10-6-4-8-17(22)15-21-20-14-16-7-3-5-9-18(16)19(20)11-12-23(21)24/h3-12H,2,13-15H2,1H3. The zero-order chi connectivity index (χ0) is 16.1. The maximum Gasteiger partial charge on any atom is 0.0450 e. The van der Waals surface area contributed by atoms with Gasteiger partial charge in [-0.05, 0) is 58.4 Å². The molecule has 1 heterocycles. The molecule has 1 nitrogen and oxygen atoms in total. The number of anilines is 2. The molecule has 24 heavy (non-hydrogen) atoms. The van der Waals surface area contributed by atoms with Gasteiger partial charge in [-0.2, -0.15) is 0 Å². The molecule has 0 bridgehead atoms. The van der Waals surface area contributed by atoms with Crippen LogP contribution in [-0.2, 0) is 12.8 Å². The molecule has 118 valence electrons. The number of hydrogen-bond donors (Lipinski definition) is 0. The first-order valence-corrected chi connectivity index (χ1v) is 8.95. The van der Waals surface area contributed by atoms with Crippen LogP contribution in [0.25, 0.3) is 11.1 Å². The van der Waals surface area contributed by atoms with Crippen LogP contribution in [-0.4, -0.2) is 6.54 Å². The van der Waals surface area contributed by atoms with Crippen LogP contribution in [0, 0.1) is 0 Å². The Bertz CT molecular complexity index is 939. The van der Waals surface area contributed by atoms with Gasteiger partial charge in [0.25, 0.3) is 0 Å². The van der Waals surface area contributed by atoms with Gasteiger partial charge in [0, 0.05) is 24.3 Å². The molecule has 3 aromatic rings. The summed E-state index contributed by atoms with van der Waals surface area (Å²) in [7, 11) is 0. The maximum absolute atomic E-state index is 2.53. The quantitative estimate of drug-likeness (QED) is 0.458. The van der Waals surface area contributed by atoms with Gasteiger partial charge in [0.05, 0.1) is 0 Å². The Morgan fingerprint density at radius 2 is 1.46 bits per heavy atom. The minimum atomic E-state index is 1.06. The van der Waals surface area contributed by atoms with Gasteiger partial charge in [-0.1, -0.05) is 55.5 Å². The minimum Gasteiger partial charge on any atom is -0.341 e. The topological polar surface area (TPSA) is 3.24 Å². The van der Waals surface area contributed by atoms with E-state index in [2.05, 4.69) is 72.5 Å². The molecule has 0 aromatic heterocycles. The predicted molar refractivity (Wildman–Crippen MR) is 101 cm³/mol. The highest BCUT2D eigenvalue weighted by Crippen LogP contribution is 2.46. The van der Waals surface area contributed by atoms with E-state index in [0.29, 0.717) is 0 Å². The molecular formula is C23H21N. The normalized spacial score (nSPS) is 14.0. The second-order valence-electron chi connectivity index (χ2n) is 6.88. The van der Waals surface area contributed by atoms with Crippen LogP contribution in [0.4, 0.5) is 11.4 Å². The van der Waals surface area contributed by atoms with Crippen molar-refractivity contribution in [1.82, 2.24) is 0 Å². The predicted octanol–water partition coefficient (Wildman–Crippen LogP) is 5.71. The van der Waals surface area contributed by atoms with Gasteiger partial charge < -0.3 is 4.90 Å². The molecule has 0 fully saturated rings. The lowest BCUT2D eigenvalue weighted by Crippen LogP contribution is -2.24. The summed E-state index contributed by atoms with van der Waals surface area (Å²) in [6.45, 7) is 3.34. The van der Waals surface area contributed by atoms with Crippen molar-refractivity contribution in [2.45, 2.75) is 26.2 Å². The molecule has 3 aromatic carbocycles. The lowest BCUT2D eigenvalue weighted by Gasteiger charge is -2.34. The maximum atomic E-state index is 2.53. The lowest BCUT2D eigenvalue weighted by molar-refractivity contribution is 0.859. The van der Waals surface area contributed by atoms with E-state index < -0.39 is 0 Å². The zero-order valence-corrected chi connectivity index (χ0v) is 14.0. The first-order valence-electron chi connectivity index (χ1n) is 8.95. The minimum absolute atomic E-state index is 1.06. The SMILES string of the molecule is CCCN1c2ccccc2Cc2c1ccc1c2Cc2ccccc2-1. The average Bonchev–Trinajstić information content (AvgIpc) is 3.01. The van der Waals surface area contributed by atoms with Crippen LogP contribution < -0.4 is 4.90 Å². The van der Waals surface area contributed by atoms with Crippen molar-refractivity contribution < 1.29 is 0 Å². The molecule has 0 radical (unpaired) electrons. The fourth-order valence-electron chi connectivity index (χ4n) is 4.42. The number of para-hydroxylation sites is 1. The second-order valence-corrected chi connectivity index (χ2v) is 6.88. The van der Waals surface area contributed by atoms with Crippen molar-refractivity contribution in [1.29, 1.82) is 0 Å². The van der Waals surface area contributed by atoms with Gasteiger partial charge >= 0.3 is 0 Å². The molecule has 1 aliphatic heterocycles. The monoisotopic (exact) mass is 311 g/mol. The number of benzene rings is 3. The summed E-state index contributed by atoms with van der Waals surface area (Å²) in [6, 6.07) is 22.5. The number of nitrogens with zero attached hydrogens (tertiary/aromatic N) is 1. The van der Waals surface area contributed by atoms with Crippen molar-refractivity contribution in [2.24, 2.45) is 0 Å². The van der Waals surface area contributed by atoms with Crippen LogP contribution in [0.5, 0.6) is 0 Å². The highest BCUT2D eigenvalue weighted by atomic mass is 15.1. The Hall–Kier alpha value is -2.54. The molecular weight excluding hydrogens is 290 g/mol. The Morgan fingerprint density at radius 1 is 0.708 bits per heavy atom. The fourth-order valence-corrected chi connectivity index (χ4v) is 4.42. The smallest absolute Gasteiger partial charge is 0.0450 e. The molecule has 0 unspecified atom stereocenters. The molecule has 0 saturated heterocycles. The Balaban J connectivity index is 1.71. The molecule has 2 aliphatic rings. The number of fused-ring (bicyclic) bond motifs is 6. The van der Waals surface area contributed by atoms with Gasteiger partial charge in [-0.15, -0.1) is 0 Å². The lowest BCUT2D eigenvalue weighted by atomic mass is 9.89. The van der Waals surface area contributed by atoms with Crippen LogP contribution in [0.3, 0.4) is 0 Å². The number of hydrogen-bond acceptors (Lipinski definition) is 1. The molecule has 1 heteroatoms. The van der Waals surface area contributed by atoms with E-state index in [1.54, 1.807) is 5.56 Å². The Morgan fingerprint density at radius 3 is 2.33 bits per heavy atom. The summed E-state index contributed by atoms with van der Waals surface area (Å²) in [4.78, 5) is 2.53. The summed E-state index contributed by atoms with van der Waals surface area (Å²) in [6.07, 6.45) is 3.30. The van der Waals surface area contributed by atoms with Gasteiger partial charge in [-0.3, -0.25) is 0 Å². The van der Waals surface area contributed by atoms with Gasteiger partial charge in [0.2, 0.25) is 0 Å². The van der Waals surface area contributed by atoms with Crippen LogP contribution in [0.15, 0.2) is 60.7 Å². The second kappa shape index (κ2) is 5.24. The van der Waals surface area contributed by atoms with E-state index in [4.69, 9.17) is 0 Å². The van der Waals surface area contributed by atoms with Crippen LogP contribution in [0.1, 0.15) is 35.6 Å². The summed E-state index contributed by atoms with van der Waals surface area (Å²) in [5, 5.41) is 0. The molecule has 0 N–H and O–H groups in total. The van der Waals surface area contributed by atoms with E-state index in [0.717, 1.165) is 25.8 Å². The summed E-state index contributed by atoms with van der Waals surface area (Å²) in [5.74, 6) is 0. The van der Waals surface area contributed by atoms with Crippen molar-refractivity contribution in [3.05, 3.63) is 82.9 Å². The van der Waals surface area contributed by atoms with Crippen molar-refractivity contribution in [3.8, 4) is 11.1 Å². The van der Waals surface area contributed by atoms with Crippen molar-refractivity contribution >= 4 is 11.4 Å². The molecule has 0 amide bonds. The average molecular weight is 311 g/mol. The summed E-state index contributed by atoms with van der Waals surface area (Å²) < 4.78 is 0. The van der Waals surface area contributed by atoms with E-state index in [-0.39, 0.29) is 0 Å². The fraction of sp³-hybridized carbons (Fsp3) is 0.217. The third kappa shape index (κ3) is 1.88. The molecule has 1 aliphatic carbocycles. The highest BCUT2D eigenvalue weighted by molar-refractivity contribution is 5.85. The summed E-state index contributed by atoms with van der Waals surface area (Å²) in [5.41, 5.74) is 11.7. The van der Waals surface area contributed by atoms with Gasteiger partial charge in [-0.25, -0.2) is 0 Å².